The van der Waals surface area contributed by atoms with Crippen LogP contribution in [0.3, 0.4) is 0 Å². The first-order valence-corrected chi connectivity index (χ1v) is 13.8. The Balaban J connectivity index is 1.14. The summed E-state index contributed by atoms with van der Waals surface area (Å²) in [6.45, 7) is 10.4. The van der Waals surface area contributed by atoms with E-state index in [9.17, 15) is 9.65 Å². The molecule has 3 saturated heterocycles. The molecule has 9 nitrogen and oxygen atoms in total. The third-order valence-corrected chi connectivity index (χ3v) is 8.77. The Kier molecular flexibility index (Phi) is 6.87. The van der Waals surface area contributed by atoms with Crippen LogP contribution in [0.1, 0.15) is 31.7 Å². The van der Waals surface area contributed by atoms with Crippen molar-refractivity contribution < 1.29 is 8.78 Å². The molecule has 39 heavy (non-hydrogen) atoms. The monoisotopic (exact) mass is 535 g/mol. The first-order chi connectivity index (χ1) is 18.8. The fourth-order valence-electron chi connectivity index (χ4n) is 6.48. The number of fused-ring (bicyclic) bond motifs is 2. The Morgan fingerprint density at radius 3 is 2.62 bits per heavy atom. The summed E-state index contributed by atoms with van der Waals surface area (Å²) in [5, 5.41) is 13.5. The van der Waals surface area contributed by atoms with E-state index in [2.05, 4.69) is 49.6 Å². The topological polar surface area (TPSA) is 93.0 Å². The summed E-state index contributed by atoms with van der Waals surface area (Å²) in [6.07, 6.45) is 3.86. The molecule has 3 aromatic rings. The minimum absolute atomic E-state index is 0.101. The highest BCUT2D eigenvalue weighted by molar-refractivity contribution is 5.75. The molecule has 0 saturated carbocycles. The second-order valence-corrected chi connectivity index (χ2v) is 11.3. The average Bonchev–Trinajstić information content (AvgIpc) is 3.40. The van der Waals surface area contributed by atoms with E-state index in [4.69, 9.17) is 5.73 Å². The zero-order valence-corrected chi connectivity index (χ0v) is 22.5. The van der Waals surface area contributed by atoms with E-state index >= 15 is 4.39 Å². The van der Waals surface area contributed by atoms with Crippen LogP contribution in [-0.4, -0.2) is 88.3 Å². The number of hydrogen-bond donors (Lipinski definition) is 1. The number of anilines is 2. The molecule has 6 rings (SSSR count). The Morgan fingerprint density at radius 2 is 1.87 bits per heavy atom. The van der Waals surface area contributed by atoms with Crippen molar-refractivity contribution >= 4 is 16.9 Å². The minimum Gasteiger partial charge on any atom is -0.368 e. The zero-order valence-electron chi connectivity index (χ0n) is 22.5. The Bertz CT molecular complexity index is 1390. The van der Waals surface area contributed by atoms with Crippen LogP contribution >= 0.6 is 0 Å². The Hall–Kier alpha value is -3.33. The third kappa shape index (κ3) is 4.81. The SMILES string of the molecule is C[C@@H]1CN(c2ccc(C#N)n3ncc(F)c23)C[C@@H]2CCN(Cc3ncc(N4C[C@@H](N)[C@@H](C)C4)cc3F)CCN21. The van der Waals surface area contributed by atoms with Crippen molar-refractivity contribution in [3.05, 3.63) is 53.6 Å². The molecule has 3 fully saturated rings. The van der Waals surface area contributed by atoms with Crippen molar-refractivity contribution in [1.82, 2.24) is 24.4 Å². The van der Waals surface area contributed by atoms with E-state index in [1.165, 1.54) is 10.7 Å². The van der Waals surface area contributed by atoms with Gasteiger partial charge in [0.25, 0.3) is 0 Å². The Morgan fingerprint density at radius 1 is 1.03 bits per heavy atom. The van der Waals surface area contributed by atoms with Gasteiger partial charge in [0, 0.05) is 76.5 Å². The molecule has 0 unspecified atom stereocenters. The highest BCUT2D eigenvalue weighted by Gasteiger charge is 2.35. The number of rotatable bonds is 4. The van der Waals surface area contributed by atoms with Gasteiger partial charge >= 0.3 is 0 Å². The van der Waals surface area contributed by atoms with Gasteiger partial charge in [-0.1, -0.05) is 6.92 Å². The largest absolute Gasteiger partial charge is 0.368 e. The molecule has 4 atom stereocenters. The number of pyridine rings is 2. The predicted octanol–water partition coefficient (Wildman–Crippen LogP) is 2.45. The lowest BCUT2D eigenvalue weighted by Crippen LogP contribution is -2.58. The van der Waals surface area contributed by atoms with Gasteiger partial charge in [-0.25, -0.2) is 13.3 Å². The van der Waals surface area contributed by atoms with Crippen LogP contribution in [0.4, 0.5) is 20.2 Å². The maximum atomic E-state index is 15.1. The highest BCUT2D eigenvalue weighted by atomic mass is 19.1. The van der Waals surface area contributed by atoms with Crippen LogP contribution in [0.25, 0.3) is 5.52 Å². The van der Waals surface area contributed by atoms with Crippen LogP contribution in [0, 0.1) is 28.9 Å². The van der Waals surface area contributed by atoms with Crippen molar-refractivity contribution in [2.75, 3.05) is 55.6 Å². The van der Waals surface area contributed by atoms with Crippen LogP contribution in [0.2, 0.25) is 0 Å². The first kappa shape index (κ1) is 25.9. The van der Waals surface area contributed by atoms with E-state index in [0.29, 0.717) is 29.4 Å². The molecule has 3 aromatic heterocycles. The van der Waals surface area contributed by atoms with E-state index in [-0.39, 0.29) is 23.9 Å². The summed E-state index contributed by atoms with van der Waals surface area (Å²) in [4.78, 5) is 13.6. The average molecular weight is 536 g/mol. The van der Waals surface area contributed by atoms with Gasteiger partial charge in [0.2, 0.25) is 0 Å². The van der Waals surface area contributed by atoms with Crippen molar-refractivity contribution in [3.63, 3.8) is 0 Å². The van der Waals surface area contributed by atoms with Crippen molar-refractivity contribution in [2.24, 2.45) is 11.7 Å². The maximum Gasteiger partial charge on any atom is 0.171 e. The van der Waals surface area contributed by atoms with Crippen LogP contribution in [0.15, 0.2) is 30.6 Å². The maximum absolute atomic E-state index is 15.1. The number of nitrogens with zero attached hydrogens (tertiary/aromatic N) is 8. The lowest BCUT2D eigenvalue weighted by atomic mass is 10.0. The second-order valence-electron chi connectivity index (χ2n) is 11.3. The highest BCUT2D eigenvalue weighted by Crippen LogP contribution is 2.31. The minimum atomic E-state index is -0.424. The van der Waals surface area contributed by atoms with Gasteiger partial charge in [0.1, 0.15) is 23.1 Å². The molecular formula is C28H35F2N9. The van der Waals surface area contributed by atoms with Crippen molar-refractivity contribution in [2.45, 2.75) is 44.9 Å². The molecule has 3 aliphatic rings. The van der Waals surface area contributed by atoms with E-state index < -0.39 is 5.82 Å². The molecular weight excluding hydrogens is 500 g/mol. The third-order valence-electron chi connectivity index (χ3n) is 8.77. The van der Waals surface area contributed by atoms with Gasteiger partial charge < -0.3 is 15.5 Å². The number of nitriles is 1. The number of nitrogens with two attached hydrogens (primary N) is 1. The standard InChI is InChI=1S/C28H35F2N9/c1-18-13-36(16-25(18)32)22-9-23(29)26(33-11-22)17-35-6-5-21-15-37(14-19(2)38(21)8-7-35)27-4-3-20(10-31)39-28(27)24(30)12-34-39/h3-4,9,11-12,18-19,21,25H,5-8,13-17,32H2,1-2H3/t18-,19+,21-,25+/m0/s1. The van der Waals surface area contributed by atoms with Crippen molar-refractivity contribution in [1.29, 1.82) is 5.26 Å². The number of piperazine rings is 1. The zero-order chi connectivity index (χ0) is 27.3. The summed E-state index contributed by atoms with van der Waals surface area (Å²) in [5.74, 6) is -0.314. The second kappa shape index (κ2) is 10.3. The molecule has 0 aliphatic carbocycles. The first-order valence-electron chi connectivity index (χ1n) is 13.8. The summed E-state index contributed by atoms with van der Waals surface area (Å²) in [6, 6.07) is 7.86. The van der Waals surface area contributed by atoms with Gasteiger partial charge in [0.05, 0.1) is 29.5 Å². The fraction of sp³-hybridized carbons (Fsp3) is 0.536. The normalized spacial score (nSPS) is 26.6. The van der Waals surface area contributed by atoms with E-state index in [0.717, 1.165) is 63.6 Å². The van der Waals surface area contributed by atoms with Gasteiger partial charge in [-0.2, -0.15) is 10.4 Å². The fourth-order valence-corrected chi connectivity index (χ4v) is 6.48. The molecule has 2 N–H and O–H groups in total. The molecule has 0 spiro atoms. The van der Waals surface area contributed by atoms with Crippen LogP contribution in [-0.2, 0) is 6.54 Å². The van der Waals surface area contributed by atoms with Gasteiger partial charge in [-0.05, 0) is 31.4 Å². The summed E-state index contributed by atoms with van der Waals surface area (Å²) < 4.78 is 31.2. The van der Waals surface area contributed by atoms with Crippen LogP contribution < -0.4 is 15.5 Å². The molecule has 0 bridgehead atoms. The van der Waals surface area contributed by atoms with Crippen LogP contribution in [0.5, 0.6) is 0 Å². The molecule has 6 heterocycles. The molecule has 0 aromatic carbocycles. The lowest BCUT2D eigenvalue weighted by molar-refractivity contribution is 0.127. The lowest BCUT2D eigenvalue weighted by Gasteiger charge is -2.46. The van der Waals surface area contributed by atoms with Crippen molar-refractivity contribution in [3.8, 4) is 6.07 Å². The number of aromatic nitrogens is 3. The molecule has 206 valence electrons. The quantitative estimate of drug-likeness (QED) is 0.545. The van der Waals surface area contributed by atoms with Gasteiger partial charge in [-0.15, -0.1) is 0 Å². The molecule has 0 radical (unpaired) electrons. The van der Waals surface area contributed by atoms with E-state index in [1.807, 2.05) is 6.07 Å². The predicted molar refractivity (Wildman–Crippen MR) is 145 cm³/mol. The van der Waals surface area contributed by atoms with Gasteiger partial charge in [0.15, 0.2) is 5.82 Å². The molecule has 3 aliphatic heterocycles. The van der Waals surface area contributed by atoms with E-state index in [1.54, 1.807) is 18.3 Å². The molecule has 0 amide bonds. The number of hydrogen-bond acceptors (Lipinski definition) is 8. The molecule has 11 heteroatoms. The summed E-state index contributed by atoms with van der Waals surface area (Å²) in [5.41, 5.74) is 8.83. The van der Waals surface area contributed by atoms with Gasteiger partial charge in [-0.3, -0.25) is 14.8 Å². The summed E-state index contributed by atoms with van der Waals surface area (Å²) in [7, 11) is 0. The number of halogens is 2. The summed E-state index contributed by atoms with van der Waals surface area (Å²) >= 11 is 0. The Labute approximate surface area is 227 Å². The smallest absolute Gasteiger partial charge is 0.171 e.